The van der Waals surface area contributed by atoms with Gasteiger partial charge in [-0.1, -0.05) is 31.2 Å². The van der Waals surface area contributed by atoms with Gasteiger partial charge in [-0.3, -0.25) is 0 Å². The maximum Gasteiger partial charge on any atom is 0.223 e. The Morgan fingerprint density at radius 3 is 2.24 bits per heavy atom. The highest BCUT2D eigenvalue weighted by atomic mass is 19.1. The molecule has 0 unspecified atom stereocenters. The zero-order valence-corrected chi connectivity index (χ0v) is 9.65. The van der Waals surface area contributed by atoms with Gasteiger partial charge in [0.1, 0.15) is 0 Å². The van der Waals surface area contributed by atoms with Crippen molar-refractivity contribution in [2.24, 2.45) is 0 Å². The van der Waals surface area contributed by atoms with Crippen molar-refractivity contribution in [3.8, 4) is 0 Å². The highest BCUT2D eigenvalue weighted by molar-refractivity contribution is 5.28. The molecule has 0 radical (unpaired) electrons. The minimum absolute atomic E-state index is 0.428. The highest BCUT2D eigenvalue weighted by Gasteiger charge is 1.97. The monoisotopic (exact) mass is 231 g/mol. The standard InChI is InChI=1S/C13H14FN3/c1-2-10-3-5-11(6-4-10)7-15-13-16-8-12(14)9-17-13/h3-6,8-9H,2,7H2,1H3,(H,15,16,17). The minimum Gasteiger partial charge on any atom is -0.350 e. The molecule has 2 rings (SSSR count). The van der Waals surface area contributed by atoms with Gasteiger partial charge in [-0.2, -0.15) is 0 Å². The highest BCUT2D eigenvalue weighted by Crippen LogP contribution is 2.07. The molecule has 1 aromatic carbocycles. The summed E-state index contributed by atoms with van der Waals surface area (Å²) in [7, 11) is 0. The number of halogens is 1. The predicted molar refractivity (Wildman–Crippen MR) is 65.1 cm³/mol. The first-order valence-electron chi connectivity index (χ1n) is 5.57. The SMILES string of the molecule is CCc1ccc(CNc2ncc(F)cn2)cc1. The molecule has 0 aliphatic carbocycles. The molecular weight excluding hydrogens is 217 g/mol. The molecule has 4 heteroatoms. The summed E-state index contributed by atoms with van der Waals surface area (Å²) in [5.74, 6) is 0.00816. The fourth-order valence-electron chi connectivity index (χ4n) is 1.48. The van der Waals surface area contributed by atoms with E-state index in [1.807, 2.05) is 0 Å². The van der Waals surface area contributed by atoms with E-state index in [0.717, 1.165) is 24.4 Å². The molecule has 3 nitrogen and oxygen atoms in total. The number of hydrogen-bond donors (Lipinski definition) is 1. The Hall–Kier alpha value is -1.97. The summed E-state index contributed by atoms with van der Waals surface area (Å²) in [5, 5.41) is 3.04. The first-order chi connectivity index (χ1) is 8.28. The van der Waals surface area contributed by atoms with Crippen LogP contribution in [0.3, 0.4) is 0 Å². The van der Waals surface area contributed by atoms with Gasteiger partial charge >= 0.3 is 0 Å². The first-order valence-corrected chi connectivity index (χ1v) is 5.57. The van der Waals surface area contributed by atoms with Gasteiger partial charge in [0.2, 0.25) is 5.95 Å². The van der Waals surface area contributed by atoms with E-state index in [1.54, 1.807) is 0 Å². The average Bonchev–Trinajstić information content (AvgIpc) is 2.39. The van der Waals surface area contributed by atoms with E-state index in [9.17, 15) is 4.39 Å². The minimum atomic E-state index is -0.428. The number of hydrogen-bond acceptors (Lipinski definition) is 3. The van der Waals surface area contributed by atoms with Crippen molar-refractivity contribution in [1.82, 2.24) is 9.97 Å². The number of rotatable bonds is 4. The summed E-state index contributed by atoms with van der Waals surface area (Å²) in [6.45, 7) is 2.76. The lowest BCUT2D eigenvalue weighted by Crippen LogP contribution is -2.03. The maximum absolute atomic E-state index is 12.6. The molecule has 1 aromatic heterocycles. The molecule has 0 atom stereocenters. The van der Waals surface area contributed by atoms with Crippen LogP contribution in [-0.2, 0) is 13.0 Å². The fraction of sp³-hybridized carbons (Fsp3) is 0.231. The Kier molecular flexibility index (Phi) is 3.65. The van der Waals surface area contributed by atoms with E-state index in [-0.39, 0.29) is 0 Å². The van der Waals surface area contributed by atoms with Gasteiger partial charge in [-0.25, -0.2) is 14.4 Å². The Labute approximate surface area is 99.7 Å². The third-order valence-electron chi connectivity index (χ3n) is 2.50. The topological polar surface area (TPSA) is 37.8 Å². The Morgan fingerprint density at radius 2 is 1.65 bits per heavy atom. The predicted octanol–water partition coefficient (Wildman–Crippen LogP) is 2.79. The maximum atomic E-state index is 12.6. The molecule has 88 valence electrons. The van der Waals surface area contributed by atoms with Crippen LogP contribution in [0.4, 0.5) is 10.3 Å². The van der Waals surface area contributed by atoms with Crippen LogP contribution in [0.2, 0.25) is 0 Å². The van der Waals surface area contributed by atoms with E-state index in [4.69, 9.17) is 0 Å². The van der Waals surface area contributed by atoms with Crippen molar-refractivity contribution >= 4 is 5.95 Å². The second kappa shape index (κ2) is 5.39. The number of benzene rings is 1. The van der Waals surface area contributed by atoms with Crippen molar-refractivity contribution in [1.29, 1.82) is 0 Å². The normalized spacial score (nSPS) is 10.2. The van der Waals surface area contributed by atoms with Crippen LogP contribution in [0.25, 0.3) is 0 Å². The second-order valence-corrected chi connectivity index (χ2v) is 3.75. The molecule has 2 aromatic rings. The number of nitrogens with one attached hydrogen (secondary N) is 1. The largest absolute Gasteiger partial charge is 0.350 e. The van der Waals surface area contributed by atoms with Crippen LogP contribution in [0.15, 0.2) is 36.7 Å². The molecule has 1 heterocycles. The molecule has 0 bridgehead atoms. The van der Waals surface area contributed by atoms with Crippen molar-refractivity contribution < 1.29 is 4.39 Å². The fourth-order valence-corrected chi connectivity index (χ4v) is 1.48. The van der Waals surface area contributed by atoms with E-state index >= 15 is 0 Å². The smallest absolute Gasteiger partial charge is 0.223 e. The molecule has 0 fully saturated rings. The molecule has 1 N–H and O–H groups in total. The average molecular weight is 231 g/mol. The van der Waals surface area contributed by atoms with Crippen molar-refractivity contribution in [2.45, 2.75) is 19.9 Å². The number of aromatic nitrogens is 2. The lowest BCUT2D eigenvalue weighted by molar-refractivity contribution is 0.614. The van der Waals surface area contributed by atoms with Crippen molar-refractivity contribution in [2.75, 3.05) is 5.32 Å². The second-order valence-electron chi connectivity index (χ2n) is 3.75. The van der Waals surface area contributed by atoms with Crippen LogP contribution < -0.4 is 5.32 Å². The summed E-state index contributed by atoms with van der Waals surface area (Å²) in [5.41, 5.74) is 2.46. The molecule has 0 saturated heterocycles. The Morgan fingerprint density at radius 1 is 1.06 bits per heavy atom. The summed E-state index contributed by atoms with van der Waals surface area (Å²) >= 11 is 0. The molecule has 0 aliphatic heterocycles. The van der Waals surface area contributed by atoms with Gasteiger partial charge in [0, 0.05) is 6.54 Å². The zero-order valence-electron chi connectivity index (χ0n) is 9.65. The Balaban J connectivity index is 1.95. The lowest BCUT2D eigenvalue weighted by Gasteiger charge is -2.05. The van der Waals surface area contributed by atoms with Gasteiger partial charge < -0.3 is 5.32 Å². The molecule has 0 saturated carbocycles. The summed E-state index contributed by atoms with van der Waals surface area (Å²) in [4.78, 5) is 7.66. The number of anilines is 1. The molecule has 0 spiro atoms. The Bertz CT molecular complexity index is 465. The van der Waals surface area contributed by atoms with Crippen molar-refractivity contribution in [3.05, 3.63) is 53.6 Å². The van der Waals surface area contributed by atoms with Crippen LogP contribution >= 0.6 is 0 Å². The third kappa shape index (κ3) is 3.24. The quantitative estimate of drug-likeness (QED) is 0.879. The summed E-state index contributed by atoms with van der Waals surface area (Å²) in [6, 6.07) is 8.33. The van der Waals surface area contributed by atoms with Crippen LogP contribution in [-0.4, -0.2) is 9.97 Å². The van der Waals surface area contributed by atoms with Gasteiger partial charge in [-0.05, 0) is 17.5 Å². The van der Waals surface area contributed by atoms with E-state index in [1.165, 1.54) is 5.56 Å². The lowest BCUT2D eigenvalue weighted by atomic mass is 10.1. The van der Waals surface area contributed by atoms with Crippen molar-refractivity contribution in [3.63, 3.8) is 0 Å². The summed E-state index contributed by atoms with van der Waals surface area (Å²) < 4.78 is 12.6. The van der Waals surface area contributed by atoms with Crippen LogP contribution in [0.5, 0.6) is 0 Å². The van der Waals surface area contributed by atoms with Gasteiger partial charge in [0.05, 0.1) is 12.4 Å². The molecule has 0 amide bonds. The zero-order chi connectivity index (χ0) is 12.1. The van der Waals surface area contributed by atoms with Gasteiger partial charge in [-0.15, -0.1) is 0 Å². The molecule has 0 aliphatic rings. The van der Waals surface area contributed by atoms with Gasteiger partial charge in [0.25, 0.3) is 0 Å². The van der Waals surface area contributed by atoms with Crippen LogP contribution in [0, 0.1) is 5.82 Å². The molecule has 17 heavy (non-hydrogen) atoms. The van der Waals surface area contributed by atoms with E-state index in [2.05, 4.69) is 46.5 Å². The number of aryl methyl sites for hydroxylation is 1. The van der Waals surface area contributed by atoms with E-state index in [0.29, 0.717) is 12.5 Å². The van der Waals surface area contributed by atoms with E-state index < -0.39 is 5.82 Å². The molecular formula is C13H14FN3. The van der Waals surface area contributed by atoms with Crippen LogP contribution in [0.1, 0.15) is 18.1 Å². The summed E-state index contributed by atoms with van der Waals surface area (Å²) in [6.07, 6.45) is 3.33. The third-order valence-corrected chi connectivity index (χ3v) is 2.50. The first kappa shape index (κ1) is 11.5. The van der Waals surface area contributed by atoms with Gasteiger partial charge in [0.15, 0.2) is 5.82 Å². The number of nitrogens with zero attached hydrogens (tertiary/aromatic N) is 2.